The fourth-order valence-corrected chi connectivity index (χ4v) is 3.20. The number of ether oxygens (including phenoxy) is 1. The number of hydrogen-bond donors (Lipinski definition) is 0. The molecule has 3 rings (SSSR count). The average molecular weight is 331 g/mol. The van der Waals surface area contributed by atoms with E-state index in [4.69, 9.17) is 4.74 Å². The Balaban J connectivity index is 1.63. The number of halogens is 1. The minimum Gasteiger partial charge on any atom is -0.364 e. The van der Waals surface area contributed by atoms with Gasteiger partial charge < -0.3 is 14.2 Å². The number of imidazole rings is 1. The molecule has 128 valence electrons. The quantitative estimate of drug-likeness (QED) is 0.846. The van der Waals surface area contributed by atoms with Crippen LogP contribution in [0.15, 0.2) is 36.7 Å². The molecule has 1 aliphatic heterocycles. The fraction of sp³-hybridized carbons (Fsp3) is 0.444. The molecule has 1 aromatic heterocycles. The monoisotopic (exact) mass is 331 g/mol. The van der Waals surface area contributed by atoms with Crippen molar-refractivity contribution in [3.8, 4) is 0 Å². The molecule has 0 saturated carbocycles. The van der Waals surface area contributed by atoms with Gasteiger partial charge in [0.2, 0.25) is 5.91 Å². The van der Waals surface area contributed by atoms with Crippen LogP contribution in [-0.4, -0.2) is 33.5 Å². The SMILES string of the molecule is CC1CC(c2cccc(F)c2)N(C(=O)COCc2nccn2C)C1. The van der Waals surface area contributed by atoms with Gasteiger partial charge in [-0.15, -0.1) is 0 Å². The number of amides is 1. The van der Waals surface area contributed by atoms with Crippen molar-refractivity contribution >= 4 is 5.91 Å². The third kappa shape index (κ3) is 3.64. The molecule has 2 heterocycles. The Morgan fingerprint density at radius 1 is 1.46 bits per heavy atom. The van der Waals surface area contributed by atoms with Crippen LogP contribution in [-0.2, 0) is 23.2 Å². The molecule has 6 heteroatoms. The third-order valence-corrected chi connectivity index (χ3v) is 4.44. The summed E-state index contributed by atoms with van der Waals surface area (Å²) in [7, 11) is 1.88. The van der Waals surface area contributed by atoms with Gasteiger partial charge in [0.15, 0.2) is 0 Å². The van der Waals surface area contributed by atoms with Crippen molar-refractivity contribution in [2.45, 2.75) is 26.0 Å². The van der Waals surface area contributed by atoms with Crippen molar-refractivity contribution in [2.75, 3.05) is 13.2 Å². The second-order valence-electron chi connectivity index (χ2n) is 6.40. The lowest BCUT2D eigenvalue weighted by Gasteiger charge is -2.25. The van der Waals surface area contributed by atoms with Gasteiger partial charge >= 0.3 is 0 Å². The lowest BCUT2D eigenvalue weighted by atomic mass is 10.0. The Bertz CT molecular complexity index is 716. The van der Waals surface area contributed by atoms with Gasteiger partial charge in [-0.3, -0.25) is 4.79 Å². The molecule has 0 N–H and O–H groups in total. The highest BCUT2D eigenvalue weighted by Gasteiger charge is 2.34. The lowest BCUT2D eigenvalue weighted by molar-refractivity contribution is -0.137. The number of aryl methyl sites for hydroxylation is 1. The number of carbonyl (C=O) groups excluding carboxylic acids is 1. The topological polar surface area (TPSA) is 47.4 Å². The molecule has 1 aliphatic rings. The molecule has 0 radical (unpaired) electrons. The van der Waals surface area contributed by atoms with Crippen LogP contribution in [0.3, 0.4) is 0 Å². The van der Waals surface area contributed by atoms with Gasteiger partial charge in [0.1, 0.15) is 24.9 Å². The van der Waals surface area contributed by atoms with Gasteiger partial charge in [0.05, 0.1) is 6.04 Å². The van der Waals surface area contributed by atoms with E-state index in [0.717, 1.165) is 17.8 Å². The number of benzene rings is 1. The van der Waals surface area contributed by atoms with Crippen molar-refractivity contribution < 1.29 is 13.9 Å². The van der Waals surface area contributed by atoms with Crippen LogP contribution in [0.2, 0.25) is 0 Å². The Morgan fingerprint density at radius 2 is 2.29 bits per heavy atom. The van der Waals surface area contributed by atoms with Crippen LogP contribution in [0.25, 0.3) is 0 Å². The number of hydrogen-bond acceptors (Lipinski definition) is 3. The first kappa shape index (κ1) is 16.6. The predicted octanol–water partition coefficient (Wildman–Crippen LogP) is 2.69. The van der Waals surface area contributed by atoms with Crippen LogP contribution < -0.4 is 0 Å². The molecule has 1 saturated heterocycles. The first-order chi connectivity index (χ1) is 11.5. The maximum Gasteiger partial charge on any atom is 0.249 e. The van der Waals surface area contributed by atoms with Gasteiger partial charge in [-0.05, 0) is 30.0 Å². The molecule has 5 nitrogen and oxygen atoms in total. The summed E-state index contributed by atoms with van der Waals surface area (Å²) in [5.41, 5.74) is 0.844. The van der Waals surface area contributed by atoms with E-state index in [1.165, 1.54) is 12.1 Å². The van der Waals surface area contributed by atoms with Crippen LogP contribution in [0.4, 0.5) is 4.39 Å². The van der Waals surface area contributed by atoms with Crippen molar-refractivity contribution in [3.05, 3.63) is 53.9 Å². The molecule has 1 aromatic carbocycles. The van der Waals surface area contributed by atoms with Crippen molar-refractivity contribution in [3.63, 3.8) is 0 Å². The summed E-state index contributed by atoms with van der Waals surface area (Å²) < 4.78 is 20.9. The smallest absolute Gasteiger partial charge is 0.249 e. The van der Waals surface area contributed by atoms with Crippen molar-refractivity contribution in [1.82, 2.24) is 14.5 Å². The van der Waals surface area contributed by atoms with Crippen LogP contribution in [0, 0.1) is 11.7 Å². The number of nitrogens with zero attached hydrogens (tertiary/aromatic N) is 3. The molecular formula is C18H22FN3O2. The summed E-state index contributed by atoms with van der Waals surface area (Å²) in [6, 6.07) is 6.41. The summed E-state index contributed by atoms with van der Waals surface area (Å²) >= 11 is 0. The van der Waals surface area contributed by atoms with E-state index in [1.54, 1.807) is 17.2 Å². The fourth-order valence-electron chi connectivity index (χ4n) is 3.20. The Kier molecular flexibility index (Phi) is 4.94. The highest BCUT2D eigenvalue weighted by Crippen LogP contribution is 2.35. The highest BCUT2D eigenvalue weighted by atomic mass is 19.1. The molecule has 2 aromatic rings. The largest absolute Gasteiger partial charge is 0.364 e. The van der Waals surface area contributed by atoms with Gasteiger partial charge in [-0.25, -0.2) is 9.37 Å². The van der Waals surface area contributed by atoms with E-state index >= 15 is 0 Å². The summed E-state index contributed by atoms with van der Waals surface area (Å²) in [5, 5.41) is 0. The molecule has 1 fully saturated rings. The maximum absolute atomic E-state index is 13.5. The zero-order valence-corrected chi connectivity index (χ0v) is 14.0. The standard InChI is InChI=1S/C18H22FN3O2/c1-13-8-16(14-4-3-5-15(19)9-14)22(10-13)18(23)12-24-11-17-20-6-7-21(17)2/h3-7,9,13,16H,8,10-12H2,1-2H3. The number of carbonyl (C=O) groups is 1. The first-order valence-electron chi connectivity index (χ1n) is 8.13. The molecular weight excluding hydrogens is 309 g/mol. The highest BCUT2D eigenvalue weighted by molar-refractivity contribution is 5.78. The second-order valence-corrected chi connectivity index (χ2v) is 6.40. The van der Waals surface area contributed by atoms with Crippen LogP contribution in [0.5, 0.6) is 0 Å². The normalized spacial score (nSPS) is 20.5. The summed E-state index contributed by atoms with van der Waals surface area (Å²) in [6.45, 7) is 3.08. The second kappa shape index (κ2) is 7.13. The molecule has 24 heavy (non-hydrogen) atoms. The minimum absolute atomic E-state index is 0.00535. The Morgan fingerprint density at radius 3 is 3.00 bits per heavy atom. The maximum atomic E-state index is 13.5. The molecule has 2 unspecified atom stereocenters. The van der Waals surface area contributed by atoms with E-state index in [0.29, 0.717) is 19.1 Å². The molecule has 0 aliphatic carbocycles. The molecule has 0 spiro atoms. The predicted molar refractivity (Wildman–Crippen MR) is 87.5 cm³/mol. The first-order valence-corrected chi connectivity index (χ1v) is 8.13. The summed E-state index contributed by atoms with van der Waals surface area (Å²) in [4.78, 5) is 18.5. The van der Waals surface area contributed by atoms with Crippen molar-refractivity contribution in [1.29, 1.82) is 0 Å². The zero-order chi connectivity index (χ0) is 17.1. The molecule has 2 atom stereocenters. The van der Waals surface area contributed by atoms with E-state index in [-0.39, 0.29) is 24.4 Å². The number of aromatic nitrogens is 2. The Hall–Kier alpha value is -2.21. The zero-order valence-electron chi connectivity index (χ0n) is 14.0. The van der Waals surface area contributed by atoms with E-state index in [9.17, 15) is 9.18 Å². The third-order valence-electron chi connectivity index (χ3n) is 4.44. The van der Waals surface area contributed by atoms with E-state index in [2.05, 4.69) is 11.9 Å². The summed E-state index contributed by atoms with van der Waals surface area (Å²) in [6.07, 6.45) is 4.37. The minimum atomic E-state index is -0.273. The average Bonchev–Trinajstić information content (AvgIpc) is 3.13. The van der Waals surface area contributed by atoms with Gasteiger partial charge in [0.25, 0.3) is 0 Å². The van der Waals surface area contributed by atoms with E-state index < -0.39 is 0 Å². The molecule has 0 bridgehead atoms. The van der Waals surface area contributed by atoms with Crippen molar-refractivity contribution in [2.24, 2.45) is 13.0 Å². The Labute approximate surface area is 141 Å². The van der Waals surface area contributed by atoms with Gasteiger partial charge in [-0.2, -0.15) is 0 Å². The van der Waals surface area contributed by atoms with Gasteiger partial charge in [-0.1, -0.05) is 19.1 Å². The van der Waals surface area contributed by atoms with E-state index in [1.807, 2.05) is 23.9 Å². The molecule has 1 amide bonds. The van der Waals surface area contributed by atoms with Crippen LogP contribution >= 0.6 is 0 Å². The number of likely N-dealkylation sites (tertiary alicyclic amines) is 1. The lowest BCUT2D eigenvalue weighted by Crippen LogP contribution is -2.34. The number of rotatable bonds is 5. The summed E-state index contributed by atoms with van der Waals surface area (Å²) in [5.74, 6) is 0.823. The van der Waals surface area contributed by atoms with Crippen LogP contribution in [0.1, 0.15) is 30.8 Å². The van der Waals surface area contributed by atoms with Gasteiger partial charge in [0, 0.05) is 26.0 Å².